The highest BCUT2D eigenvalue weighted by Crippen LogP contribution is 2.26. The molecule has 0 aliphatic carbocycles. The average Bonchev–Trinajstić information content (AvgIpc) is 2.98. The fraction of sp³-hybridized carbons (Fsp3) is 0.290. The quantitative estimate of drug-likeness (QED) is 0.263. The first-order chi connectivity index (χ1) is 20.6. The van der Waals surface area contributed by atoms with Crippen molar-refractivity contribution in [3.05, 3.63) is 96.2 Å². The number of benzene rings is 1. The number of sulfonamides is 1. The van der Waals surface area contributed by atoms with Crippen molar-refractivity contribution in [2.24, 2.45) is 0 Å². The molecule has 1 aliphatic rings. The summed E-state index contributed by atoms with van der Waals surface area (Å²) in [7, 11) is -3.34. The Labute approximate surface area is 252 Å². The van der Waals surface area contributed by atoms with Crippen molar-refractivity contribution in [3.8, 4) is 11.6 Å². The fourth-order valence-corrected chi connectivity index (χ4v) is 5.47. The molecule has 12 heteroatoms. The van der Waals surface area contributed by atoms with E-state index in [0.29, 0.717) is 23.0 Å². The van der Waals surface area contributed by atoms with E-state index in [-0.39, 0.29) is 12.1 Å². The predicted molar refractivity (Wildman–Crippen MR) is 167 cm³/mol. The van der Waals surface area contributed by atoms with Crippen molar-refractivity contribution in [2.75, 3.05) is 34.3 Å². The van der Waals surface area contributed by atoms with Crippen LogP contribution in [0.15, 0.2) is 79.3 Å². The second kappa shape index (κ2) is 13.2. The highest BCUT2D eigenvalue weighted by molar-refractivity contribution is 7.92. The molecule has 1 saturated heterocycles. The summed E-state index contributed by atoms with van der Waals surface area (Å²) < 4.78 is 31.0. The van der Waals surface area contributed by atoms with Gasteiger partial charge in [-0.2, -0.15) is 0 Å². The number of rotatable bonds is 9. The lowest BCUT2D eigenvalue weighted by Crippen LogP contribution is -2.49. The third kappa shape index (κ3) is 8.49. The molecule has 11 nitrogen and oxygen atoms in total. The molecule has 0 spiro atoms. The normalized spacial score (nSPS) is 14.2. The maximum absolute atomic E-state index is 13.5. The number of amides is 2. The maximum atomic E-state index is 13.5. The second-order valence-electron chi connectivity index (χ2n) is 10.7. The number of nitrogens with one attached hydrogen (secondary N) is 2. The van der Waals surface area contributed by atoms with E-state index in [9.17, 15) is 13.2 Å². The van der Waals surface area contributed by atoms with Crippen LogP contribution in [0.4, 0.5) is 21.9 Å². The van der Waals surface area contributed by atoms with Gasteiger partial charge in [0.05, 0.1) is 30.0 Å². The van der Waals surface area contributed by atoms with Gasteiger partial charge in [0, 0.05) is 55.0 Å². The molecular weight excluding hydrogens is 566 g/mol. The Morgan fingerprint density at radius 1 is 0.884 bits per heavy atom. The topological polar surface area (TPSA) is 130 Å². The monoisotopic (exact) mass is 601 g/mol. The number of carbonyl (C=O) groups excluding carboxylic acids is 1. The van der Waals surface area contributed by atoms with Crippen LogP contribution in [-0.2, 0) is 16.6 Å². The molecule has 1 aliphatic heterocycles. The average molecular weight is 602 g/mol. The Bertz CT molecular complexity index is 1620. The van der Waals surface area contributed by atoms with E-state index in [4.69, 9.17) is 4.74 Å². The van der Waals surface area contributed by atoms with Crippen molar-refractivity contribution < 1.29 is 17.9 Å². The minimum atomic E-state index is -3.34. The number of likely N-dealkylation sites (tertiary alicyclic amines) is 1. The molecule has 1 fully saturated rings. The number of hydrogen-bond acceptors (Lipinski definition) is 8. The number of anilines is 3. The molecule has 0 saturated carbocycles. The number of nitrogens with zero attached hydrogens (tertiary/aromatic N) is 5. The lowest BCUT2D eigenvalue weighted by molar-refractivity contribution is 0.199. The SMILES string of the molecule is Cc1ccc(NC(=O)N(c2ccc(C)nc2)C2CCN(Cc3ccc(Oc4ccc(NS(C)(=O)=O)cc4)nc3)CC2)cn1. The molecule has 0 atom stereocenters. The zero-order valence-corrected chi connectivity index (χ0v) is 25.2. The van der Waals surface area contributed by atoms with E-state index in [1.54, 1.807) is 42.9 Å². The van der Waals surface area contributed by atoms with Crippen LogP contribution < -0.4 is 19.7 Å². The first-order valence-electron chi connectivity index (χ1n) is 14.0. The van der Waals surface area contributed by atoms with E-state index in [2.05, 4.69) is 29.9 Å². The highest BCUT2D eigenvalue weighted by atomic mass is 32.2. The summed E-state index contributed by atoms with van der Waals surface area (Å²) in [6.45, 7) is 6.22. The standard InChI is InChI=1S/C31H35N7O4S/c1-22-4-7-26(19-32-22)35-31(39)38(28-10-5-23(2)33-20-28)27-14-16-37(17-15-27)21-24-6-13-30(34-18-24)42-29-11-8-25(9-12-29)36-43(3,40)41/h4-13,18-20,27,36H,14-17,21H2,1-3H3,(H,35,39). The van der Waals surface area contributed by atoms with Gasteiger partial charge in [-0.15, -0.1) is 0 Å². The third-order valence-electron chi connectivity index (χ3n) is 7.06. The molecule has 4 heterocycles. The molecule has 2 N–H and O–H groups in total. The van der Waals surface area contributed by atoms with Gasteiger partial charge in [0.25, 0.3) is 0 Å². The number of aryl methyl sites for hydroxylation is 2. The van der Waals surface area contributed by atoms with E-state index in [0.717, 1.165) is 61.4 Å². The number of pyridine rings is 3. The zero-order valence-electron chi connectivity index (χ0n) is 24.4. The van der Waals surface area contributed by atoms with Crippen LogP contribution in [0.3, 0.4) is 0 Å². The maximum Gasteiger partial charge on any atom is 0.326 e. The van der Waals surface area contributed by atoms with Crippen molar-refractivity contribution in [3.63, 3.8) is 0 Å². The van der Waals surface area contributed by atoms with E-state index >= 15 is 0 Å². The molecule has 43 heavy (non-hydrogen) atoms. The number of urea groups is 1. The molecule has 3 aromatic heterocycles. The Morgan fingerprint density at radius 3 is 2.14 bits per heavy atom. The van der Waals surface area contributed by atoms with Gasteiger partial charge in [0.1, 0.15) is 5.75 Å². The number of aromatic nitrogens is 3. The lowest BCUT2D eigenvalue weighted by atomic mass is 10.0. The second-order valence-corrected chi connectivity index (χ2v) is 12.4. The highest BCUT2D eigenvalue weighted by Gasteiger charge is 2.30. The molecule has 1 aromatic carbocycles. The number of carbonyl (C=O) groups is 1. The molecule has 224 valence electrons. The summed E-state index contributed by atoms with van der Waals surface area (Å²) in [5.74, 6) is 1.00. The summed E-state index contributed by atoms with van der Waals surface area (Å²) in [5.41, 5.74) is 4.72. The van der Waals surface area contributed by atoms with Gasteiger partial charge in [0.2, 0.25) is 15.9 Å². The van der Waals surface area contributed by atoms with Gasteiger partial charge in [-0.3, -0.25) is 24.5 Å². The van der Waals surface area contributed by atoms with Gasteiger partial charge < -0.3 is 10.1 Å². The minimum absolute atomic E-state index is 0.0205. The molecule has 5 rings (SSSR count). The van der Waals surface area contributed by atoms with Gasteiger partial charge in [-0.1, -0.05) is 6.07 Å². The molecule has 4 aromatic rings. The van der Waals surface area contributed by atoms with Gasteiger partial charge >= 0.3 is 6.03 Å². The van der Waals surface area contributed by atoms with Crippen molar-refractivity contribution in [1.82, 2.24) is 19.9 Å². The van der Waals surface area contributed by atoms with E-state index in [1.807, 2.05) is 55.1 Å². The molecule has 0 unspecified atom stereocenters. The van der Waals surface area contributed by atoms with Crippen LogP contribution in [-0.4, -0.2) is 59.7 Å². The van der Waals surface area contributed by atoms with Gasteiger partial charge in [-0.05, 0) is 80.8 Å². The number of ether oxygens (including phenoxy) is 1. The van der Waals surface area contributed by atoms with Crippen LogP contribution in [0.5, 0.6) is 11.6 Å². The van der Waals surface area contributed by atoms with Crippen LogP contribution in [0, 0.1) is 13.8 Å². The van der Waals surface area contributed by atoms with Crippen molar-refractivity contribution >= 4 is 33.1 Å². The number of piperidine rings is 1. The molecule has 0 radical (unpaired) electrons. The first-order valence-corrected chi connectivity index (χ1v) is 15.9. The Hall–Kier alpha value is -4.55. The van der Waals surface area contributed by atoms with Crippen LogP contribution in [0.2, 0.25) is 0 Å². The van der Waals surface area contributed by atoms with E-state index < -0.39 is 10.0 Å². The molecule has 0 bridgehead atoms. The Kier molecular flexibility index (Phi) is 9.17. The summed E-state index contributed by atoms with van der Waals surface area (Å²) in [6, 6.07) is 17.9. The first kappa shape index (κ1) is 29.9. The Morgan fingerprint density at radius 2 is 1.56 bits per heavy atom. The molecule has 2 amide bonds. The summed E-state index contributed by atoms with van der Waals surface area (Å²) in [4.78, 5) is 30.8. The third-order valence-corrected chi connectivity index (χ3v) is 7.67. The van der Waals surface area contributed by atoms with Gasteiger partial charge in [0.15, 0.2) is 0 Å². The van der Waals surface area contributed by atoms with Crippen LogP contribution in [0.25, 0.3) is 0 Å². The predicted octanol–water partition coefficient (Wildman–Crippen LogP) is 5.36. The zero-order chi connectivity index (χ0) is 30.4. The van der Waals surface area contributed by atoms with Crippen molar-refractivity contribution in [2.45, 2.75) is 39.3 Å². The lowest BCUT2D eigenvalue weighted by Gasteiger charge is -2.38. The minimum Gasteiger partial charge on any atom is -0.439 e. The summed E-state index contributed by atoms with van der Waals surface area (Å²) in [5, 5.41) is 3.00. The van der Waals surface area contributed by atoms with Crippen molar-refractivity contribution in [1.29, 1.82) is 0 Å². The van der Waals surface area contributed by atoms with Crippen LogP contribution in [0.1, 0.15) is 29.8 Å². The summed E-state index contributed by atoms with van der Waals surface area (Å²) >= 11 is 0. The van der Waals surface area contributed by atoms with E-state index in [1.165, 1.54) is 0 Å². The molecular formula is C31H35N7O4S. The smallest absolute Gasteiger partial charge is 0.326 e. The number of hydrogen-bond donors (Lipinski definition) is 2. The summed E-state index contributed by atoms with van der Waals surface area (Å²) in [6.07, 6.45) is 7.95. The van der Waals surface area contributed by atoms with Crippen LogP contribution >= 0.6 is 0 Å². The fourth-order valence-electron chi connectivity index (χ4n) is 4.91. The van der Waals surface area contributed by atoms with Gasteiger partial charge in [-0.25, -0.2) is 18.2 Å². The Balaban J connectivity index is 1.17. The largest absolute Gasteiger partial charge is 0.439 e.